The van der Waals surface area contributed by atoms with Crippen LogP contribution in [0.3, 0.4) is 0 Å². The zero-order valence-corrected chi connectivity index (χ0v) is 12.1. The third kappa shape index (κ3) is 1.80. The van der Waals surface area contributed by atoms with E-state index in [1.54, 1.807) is 11.3 Å². The van der Waals surface area contributed by atoms with Crippen LogP contribution < -0.4 is 0 Å². The summed E-state index contributed by atoms with van der Waals surface area (Å²) in [4.78, 5) is 14.7. The summed E-state index contributed by atoms with van der Waals surface area (Å²) in [7, 11) is 0. The molecule has 2 aliphatic heterocycles. The molecule has 1 amide bonds. The van der Waals surface area contributed by atoms with Gasteiger partial charge in [0.15, 0.2) is 0 Å². The van der Waals surface area contributed by atoms with Gasteiger partial charge in [0.1, 0.15) is 0 Å². The maximum Gasteiger partial charge on any atom is 0.223 e. The summed E-state index contributed by atoms with van der Waals surface area (Å²) in [5.74, 6) is 0.319. The van der Waals surface area contributed by atoms with Crippen molar-refractivity contribution in [3.63, 3.8) is 0 Å². The Morgan fingerprint density at radius 2 is 1.85 bits per heavy atom. The zero-order chi connectivity index (χ0) is 13.5. The molecule has 2 unspecified atom stereocenters. The Labute approximate surface area is 123 Å². The average molecular weight is 283 g/mol. The van der Waals surface area contributed by atoms with E-state index in [1.807, 2.05) is 0 Å². The molecule has 0 spiro atoms. The Morgan fingerprint density at radius 3 is 2.45 bits per heavy atom. The van der Waals surface area contributed by atoms with Crippen LogP contribution in [0.25, 0.3) is 0 Å². The molecule has 1 saturated heterocycles. The zero-order valence-electron chi connectivity index (χ0n) is 11.3. The predicted octanol–water partition coefficient (Wildman–Crippen LogP) is 4.10. The standard InChI is InChI=1S/C17H17NOS/c19-17(8-5-12-9-10-20-11-12)18-15-6-7-16(18)14-4-2-1-3-13(14)15/h1-4,9-11,15-16H,5-8H2. The summed E-state index contributed by atoms with van der Waals surface area (Å²) in [6.45, 7) is 0. The van der Waals surface area contributed by atoms with E-state index in [0.29, 0.717) is 24.4 Å². The molecule has 2 bridgehead atoms. The smallest absolute Gasteiger partial charge is 0.223 e. The molecule has 3 heterocycles. The molecule has 0 N–H and O–H groups in total. The van der Waals surface area contributed by atoms with Crippen molar-refractivity contribution in [3.05, 3.63) is 57.8 Å². The highest BCUT2D eigenvalue weighted by molar-refractivity contribution is 7.07. The molecule has 1 aromatic heterocycles. The van der Waals surface area contributed by atoms with E-state index in [4.69, 9.17) is 0 Å². The number of thiophene rings is 1. The first-order valence-electron chi connectivity index (χ1n) is 7.25. The Morgan fingerprint density at radius 1 is 1.15 bits per heavy atom. The summed E-state index contributed by atoms with van der Waals surface area (Å²) >= 11 is 1.70. The topological polar surface area (TPSA) is 20.3 Å². The fourth-order valence-electron chi connectivity index (χ4n) is 3.70. The minimum absolute atomic E-state index is 0.319. The molecule has 1 fully saturated rings. The summed E-state index contributed by atoms with van der Waals surface area (Å²) < 4.78 is 0. The van der Waals surface area contributed by atoms with Gasteiger partial charge in [0, 0.05) is 6.42 Å². The molecule has 102 valence electrons. The number of carbonyl (C=O) groups is 1. The number of aryl methyl sites for hydroxylation is 1. The first kappa shape index (κ1) is 12.2. The van der Waals surface area contributed by atoms with Crippen LogP contribution in [-0.4, -0.2) is 10.8 Å². The number of benzene rings is 1. The predicted molar refractivity (Wildman–Crippen MR) is 80.6 cm³/mol. The second-order valence-electron chi connectivity index (χ2n) is 5.67. The van der Waals surface area contributed by atoms with Crippen LogP contribution >= 0.6 is 11.3 Å². The van der Waals surface area contributed by atoms with Gasteiger partial charge >= 0.3 is 0 Å². The number of rotatable bonds is 3. The van der Waals surface area contributed by atoms with E-state index < -0.39 is 0 Å². The Bertz CT molecular complexity index is 603. The van der Waals surface area contributed by atoms with Gasteiger partial charge in [0.25, 0.3) is 0 Å². The van der Waals surface area contributed by atoms with E-state index in [-0.39, 0.29) is 0 Å². The van der Waals surface area contributed by atoms with Gasteiger partial charge in [-0.3, -0.25) is 4.79 Å². The molecular weight excluding hydrogens is 266 g/mol. The third-order valence-corrected chi connectivity index (χ3v) is 5.33. The van der Waals surface area contributed by atoms with Crippen molar-refractivity contribution >= 4 is 17.2 Å². The first-order valence-corrected chi connectivity index (χ1v) is 8.20. The van der Waals surface area contributed by atoms with E-state index >= 15 is 0 Å². The molecule has 2 nitrogen and oxygen atoms in total. The average Bonchev–Trinajstić information content (AvgIpc) is 3.20. The second kappa shape index (κ2) is 4.74. The Balaban J connectivity index is 1.52. The molecule has 3 heteroatoms. The summed E-state index contributed by atoms with van der Waals surface area (Å²) in [6, 6.07) is 11.4. The monoisotopic (exact) mass is 283 g/mol. The second-order valence-corrected chi connectivity index (χ2v) is 6.45. The number of amides is 1. The minimum Gasteiger partial charge on any atom is -0.329 e. The quantitative estimate of drug-likeness (QED) is 0.830. The number of hydrogen-bond donors (Lipinski definition) is 0. The molecular formula is C17H17NOS. The van der Waals surface area contributed by atoms with Crippen molar-refractivity contribution < 1.29 is 4.79 Å². The number of carbonyl (C=O) groups excluding carboxylic acids is 1. The van der Waals surface area contributed by atoms with Crippen LogP contribution in [0.1, 0.15) is 48.0 Å². The fourth-order valence-corrected chi connectivity index (χ4v) is 4.41. The lowest BCUT2D eigenvalue weighted by Gasteiger charge is -2.22. The molecule has 20 heavy (non-hydrogen) atoms. The summed E-state index contributed by atoms with van der Waals surface area (Å²) in [5, 5.41) is 4.22. The Hall–Kier alpha value is -1.61. The van der Waals surface area contributed by atoms with Crippen molar-refractivity contribution in [1.82, 2.24) is 4.90 Å². The molecule has 4 rings (SSSR count). The largest absolute Gasteiger partial charge is 0.329 e. The van der Waals surface area contributed by atoms with Gasteiger partial charge in [-0.25, -0.2) is 0 Å². The normalized spacial score (nSPS) is 23.1. The van der Waals surface area contributed by atoms with Crippen LogP contribution in [0.5, 0.6) is 0 Å². The molecule has 0 aliphatic carbocycles. The highest BCUT2D eigenvalue weighted by Crippen LogP contribution is 2.53. The number of fused-ring (bicyclic) bond motifs is 5. The van der Waals surface area contributed by atoms with Gasteiger partial charge in [-0.1, -0.05) is 24.3 Å². The van der Waals surface area contributed by atoms with Crippen LogP contribution in [-0.2, 0) is 11.2 Å². The summed E-state index contributed by atoms with van der Waals surface area (Å²) in [6.07, 6.45) is 3.77. The fraction of sp³-hybridized carbons (Fsp3) is 0.353. The van der Waals surface area contributed by atoms with Crippen LogP contribution in [0, 0.1) is 0 Å². The number of hydrogen-bond acceptors (Lipinski definition) is 2. The van der Waals surface area contributed by atoms with Crippen molar-refractivity contribution in [2.24, 2.45) is 0 Å². The lowest BCUT2D eigenvalue weighted by atomic mass is 9.92. The third-order valence-electron chi connectivity index (χ3n) is 4.59. The van der Waals surface area contributed by atoms with Crippen molar-refractivity contribution in [1.29, 1.82) is 0 Å². The van der Waals surface area contributed by atoms with E-state index in [0.717, 1.165) is 19.3 Å². The molecule has 1 aromatic carbocycles. The lowest BCUT2D eigenvalue weighted by Crippen LogP contribution is -2.28. The van der Waals surface area contributed by atoms with Crippen molar-refractivity contribution in [3.8, 4) is 0 Å². The van der Waals surface area contributed by atoms with E-state index in [1.165, 1.54) is 16.7 Å². The molecule has 2 aromatic rings. The molecule has 0 saturated carbocycles. The number of nitrogens with zero attached hydrogens (tertiary/aromatic N) is 1. The maximum atomic E-state index is 12.6. The van der Waals surface area contributed by atoms with E-state index in [9.17, 15) is 4.79 Å². The highest BCUT2D eigenvalue weighted by Gasteiger charge is 2.45. The first-order chi connectivity index (χ1) is 9.84. The van der Waals surface area contributed by atoms with Gasteiger partial charge < -0.3 is 4.90 Å². The van der Waals surface area contributed by atoms with E-state index in [2.05, 4.69) is 46.0 Å². The highest BCUT2D eigenvalue weighted by atomic mass is 32.1. The maximum absolute atomic E-state index is 12.6. The molecule has 2 aliphatic rings. The van der Waals surface area contributed by atoms with Crippen molar-refractivity contribution in [2.75, 3.05) is 0 Å². The minimum atomic E-state index is 0.319. The van der Waals surface area contributed by atoms with Gasteiger partial charge in [-0.15, -0.1) is 0 Å². The van der Waals surface area contributed by atoms with Crippen molar-refractivity contribution in [2.45, 2.75) is 37.8 Å². The van der Waals surface area contributed by atoms with Gasteiger partial charge in [-0.2, -0.15) is 11.3 Å². The molecule has 0 radical (unpaired) electrons. The van der Waals surface area contributed by atoms with Crippen LogP contribution in [0.2, 0.25) is 0 Å². The van der Waals surface area contributed by atoms with Crippen LogP contribution in [0.4, 0.5) is 0 Å². The van der Waals surface area contributed by atoms with Gasteiger partial charge in [0.2, 0.25) is 5.91 Å². The van der Waals surface area contributed by atoms with Gasteiger partial charge in [-0.05, 0) is 52.8 Å². The molecule has 2 atom stereocenters. The SMILES string of the molecule is O=C(CCc1ccsc1)N1C2CCC1c1ccccc12. The lowest BCUT2D eigenvalue weighted by molar-refractivity contribution is -0.133. The Kier molecular flexibility index (Phi) is 2.88. The van der Waals surface area contributed by atoms with Gasteiger partial charge in [0.05, 0.1) is 12.1 Å². The van der Waals surface area contributed by atoms with Crippen LogP contribution in [0.15, 0.2) is 41.1 Å². The summed E-state index contributed by atoms with van der Waals surface area (Å²) in [5.41, 5.74) is 4.05.